The number of carbonyl (C=O) groups excluding carboxylic acids is 1. The van der Waals surface area contributed by atoms with Crippen molar-refractivity contribution in [3.8, 4) is 11.5 Å². The van der Waals surface area contributed by atoms with E-state index in [4.69, 9.17) is 21.1 Å². The second-order valence-electron chi connectivity index (χ2n) is 3.03. The van der Waals surface area contributed by atoms with E-state index >= 15 is 0 Å². The third-order valence-corrected chi connectivity index (χ3v) is 2.34. The maximum Gasteiger partial charge on any atom is 0.234 e. The van der Waals surface area contributed by atoms with E-state index in [1.807, 2.05) is 6.07 Å². The van der Waals surface area contributed by atoms with Crippen LogP contribution in [0.2, 0.25) is 5.02 Å². The number of halogens is 1. The third-order valence-electron chi connectivity index (χ3n) is 2.06. The van der Waals surface area contributed by atoms with Crippen LogP contribution in [0.1, 0.15) is 5.56 Å². The van der Waals surface area contributed by atoms with Crippen molar-refractivity contribution in [2.45, 2.75) is 6.42 Å². The fourth-order valence-corrected chi connectivity index (χ4v) is 1.68. The first-order valence-electron chi connectivity index (χ1n) is 4.43. The van der Waals surface area contributed by atoms with Crippen LogP contribution in [0.25, 0.3) is 0 Å². The SMILES string of the molecule is O=C=NCCc1cc(Cl)c2c(c1)OCO2. The molecule has 0 atom stereocenters. The van der Waals surface area contributed by atoms with E-state index in [0.717, 1.165) is 5.56 Å². The number of hydrogen-bond donors (Lipinski definition) is 0. The molecular formula is C10H8ClNO3. The minimum absolute atomic E-state index is 0.199. The number of rotatable bonds is 3. The maximum absolute atomic E-state index is 9.89. The van der Waals surface area contributed by atoms with Gasteiger partial charge in [0.1, 0.15) is 0 Å². The van der Waals surface area contributed by atoms with Gasteiger partial charge < -0.3 is 9.47 Å². The summed E-state index contributed by atoms with van der Waals surface area (Å²) in [6.07, 6.45) is 2.12. The highest BCUT2D eigenvalue weighted by Crippen LogP contribution is 2.39. The molecule has 4 nitrogen and oxygen atoms in total. The molecule has 0 amide bonds. The molecule has 0 saturated carbocycles. The molecule has 0 N–H and O–H groups in total. The standard InChI is InChI=1S/C10H8ClNO3/c11-8-3-7(1-2-12-5-13)4-9-10(8)15-6-14-9/h3-4H,1-2,6H2. The van der Waals surface area contributed by atoms with Gasteiger partial charge in [-0.3, -0.25) is 0 Å². The summed E-state index contributed by atoms with van der Waals surface area (Å²) in [7, 11) is 0. The van der Waals surface area contributed by atoms with Gasteiger partial charge in [-0.1, -0.05) is 11.6 Å². The first-order chi connectivity index (χ1) is 7.31. The summed E-state index contributed by atoms with van der Waals surface area (Å²) in [5.41, 5.74) is 0.961. The van der Waals surface area contributed by atoms with Crippen molar-refractivity contribution in [1.29, 1.82) is 0 Å². The summed E-state index contributed by atoms with van der Waals surface area (Å²) in [6, 6.07) is 3.63. The molecule has 0 radical (unpaired) electrons. The molecule has 15 heavy (non-hydrogen) atoms. The van der Waals surface area contributed by atoms with E-state index in [-0.39, 0.29) is 6.79 Å². The van der Waals surface area contributed by atoms with Gasteiger partial charge in [0.25, 0.3) is 0 Å². The molecule has 78 valence electrons. The molecular weight excluding hydrogens is 218 g/mol. The monoisotopic (exact) mass is 225 g/mol. The van der Waals surface area contributed by atoms with Crippen LogP contribution in [-0.2, 0) is 11.2 Å². The second-order valence-corrected chi connectivity index (χ2v) is 3.44. The Morgan fingerprint density at radius 1 is 1.47 bits per heavy atom. The molecule has 0 aliphatic carbocycles. The van der Waals surface area contributed by atoms with E-state index < -0.39 is 0 Å². The Labute approximate surface area is 91.5 Å². The summed E-state index contributed by atoms with van der Waals surface area (Å²) in [4.78, 5) is 13.4. The fourth-order valence-electron chi connectivity index (χ4n) is 1.40. The van der Waals surface area contributed by atoms with E-state index in [2.05, 4.69) is 4.99 Å². The molecule has 1 aliphatic heterocycles. The van der Waals surface area contributed by atoms with Gasteiger partial charge in [-0.2, -0.15) is 0 Å². The maximum atomic E-state index is 9.89. The summed E-state index contributed by atoms with van der Waals surface area (Å²) >= 11 is 5.97. The number of ether oxygens (including phenoxy) is 2. The van der Waals surface area contributed by atoms with Gasteiger partial charge in [-0.05, 0) is 24.1 Å². The van der Waals surface area contributed by atoms with Crippen LogP contribution in [0.5, 0.6) is 11.5 Å². The first kappa shape index (κ1) is 10.0. The van der Waals surface area contributed by atoms with Crippen LogP contribution in [0, 0.1) is 0 Å². The molecule has 1 aromatic carbocycles. The highest BCUT2D eigenvalue weighted by Gasteiger charge is 2.17. The van der Waals surface area contributed by atoms with E-state index in [1.54, 1.807) is 6.07 Å². The minimum atomic E-state index is 0.199. The number of nitrogens with zero attached hydrogens (tertiary/aromatic N) is 1. The topological polar surface area (TPSA) is 47.9 Å². The van der Waals surface area contributed by atoms with Crippen molar-refractivity contribution in [2.24, 2.45) is 4.99 Å². The molecule has 0 unspecified atom stereocenters. The van der Waals surface area contributed by atoms with Gasteiger partial charge in [0.05, 0.1) is 11.6 Å². The Kier molecular flexibility index (Phi) is 2.90. The third kappa shape index (κ3) is 2.12. The van der Waals surface area contributed by atoms with Crippen LogP contribution in [0.4, 0.5) is 0 Å². The molecule has 1 aliphatic rings. The Bertz CT molecular complexity index is 427. The number of benzene rings is 1. The van der Waals surface area contributed by atoms with Gasteiger partial charge >= 0.3 is 0 Å². The van der Waals surface area contributed by atoms with Gasteiger partial charge in [0.15, 0.2) is 11.5 Å². The normalized spacial score (nSPS) is 12.3. The molecule has 5 heteroatoms. The number of isocyanates is 1. The molecule has 1 aromatic rings. The van der Waals surface area contributed by atoms with Crippen molar-refractivity contribution in [3.05, 3.63) is 22.7 Å². The van der Waals surface area contributed by atoms with Crippen LogP contribution in [0.3, 0.4) is 0 Å². The van der Waals surface area contributed by atoms with Crippen LogP contribution < -0.4 is 9.47 Å². The summed E-state index contributed by atoms with van der Waals surface area (Å²) in [5.74, 6) is 1.23. The molecule has 0 fully saturated rings. The zero-order valence-electron chi connectivity index (χ0n) is 7.83. The largest absolute Gasteiger partial charge is 0.454 e. The Morgan fingerprint density at radius 3 is 3.13 bits per heavy atom. The average Bonchev–Trinajstić information content (AvgIpc) is 2.66. The fraction of sp³-hybridized carbons (Fsp3) is 0.300. The number of aliphatic imine (C=N–C) groups is 1. The van der Waals surface area contributed by atoms with Crippen molar-refractivity contribution < 1.29 is 14.3 Å². The van der Waals surface area contributed by atoms with Gasteiger partial charge in [0, 0.05) is 0 Å². The van der Waals surface area contributed by atoms with Crippen LogP contribution >= 0.6 is 11.6 Å². The summed E-state index contributed by atoms with van der Waals surface area (Å²) in [5, 5.41) is 0.523. The summed E-state index contributed by atoms with van der Waals surface area (Å²) < 4.78 is 10.4. The predicted molar refractivity (Wildman–Crippen MR) is 54.3 cm³/mol. The van der Waals surface area contributed by atoms with Gasteiger partial charge in [-0.15, -0.1) is 0 Å². The van der Waals surface area contributed by atoms with E-state index in [0.29, 0.717) is 29.5 Å². The van der Waals surface area contributed by atoms with Crippen LogP contribution in [-0.4, -0.2) is 19.4 Å². The molecule has 0 bridgehead atoms. The first-order valence-corrected chi connectivity index (χ1v) is 4.80. The zero-order valence-corrected chi connectivity index (χ0v) is 8.58. The second kappa shape index (κ2) is 4.34. The highest BCUT2D eigenvalue weighted by molar-refractivity contribution is 6.32. The lowest BCUT2D eigenvalue weighted by Gasteiger charge is -2.02. The lowest BCUT2D eigenvalue weighted by atomic mass is 10.1. The van der Waals surface area contributed by atoms with Crippen molar-refractivity contribution in [3.63, 3.8) is 0 Å². The number of hydrogen-bond acceptors (Lipinski definition) is 4. The quantitative estimate of drug-likeness (QED) is 0.584. The smallest absolute Gasteiger partial charge is 0.234 e. The number of fused-ring (bicyclic) bond motifs is 1. The minimum Gasteiger partial charge on any atom is -0.454 e. The van der Waals surface area contributed by atoms with Crippen LogP contribution in [0.15, 0.2) is 17.1 Å². The highest BCUT2D eigenvalue weighted by atomic mass is 35.5. The molecule has 0 spiro atoms. The molecule has 0 aromatic heterocycles. The van der Waals surface area contributed by atoms with E-state index in [1.165, 1.54) is 6.08 Å². The lowest BCUT2D eigenvalue weighted by molar-refractivity contribution is 0.174. The van der Waals surface area contributed by atoms with E-state index in [9.17, 15) is 4.79 Å². The molecule has 2 rings (SSSR count). The van der Waals surface area contributed by atoms with Gasteiger partial charge in [0.2, 0.25) is 12.9 Å². The van der Waals surface area contributed by atoms with Crippen molar-refractivity contribution in [2.75, 3.05) is 13.3 Å². The lowest BCUT2D eigenvalue weighted by Crippen LogP contribution is -1.93. The average molecular weight is 226 g/mol. The Morgan fingerprint density at radius 2 is 2.33 bits per heavy atom. The Balaban J connectivity index is 2.19. The zero-order chi connectivity index (χ0) is 10.7. The molecule has 1 heterocycles. The predicted octanol–water partition coefficient (Wildman–Crippen LogP) is 1.95. The van der Waals surface area contributed by atoms with Crippen molar-refractivity contribution in [1.82, 2.24) is 0 Å². The van der Waals surface area contributed by atoms with Gasteiger partial charge in [-0.25, -0.2) is 9.79 Å². The summed E-state index contributed by atoms with van der Waals surface area (Å²) in [6.45, 7) is 0.602. The molecule has 0 saturated heterocycles. The Hall–Kier alpha value is -1.51. The van der Waals surface area contributed by atoms with Crippen molar-refractivity contribution >= 4 is 17.7 Å².